The van der Waals surface area contributed by atoms with E-state index in [2.05, 4.69) is 209 Å². The van der Waals surface area contributed by atoms with Gasteiger partial charge in [-0.05, 0) is 77.9 Å². The van der Waals surface area contributed by atoms with Crippen LogP contribution >= 0.6 is 22.7 Å². The smallest absolute Gasteiger partial charge is 0.126 e. The van der Waals surface area contributed by atoms with Crippen LogP contribution in [0.5, 0.6) is 0 Å². The standard InChI is InChI=1S/C55H33N3S2/c1-3-14-36(15-4-1)57-47-23-10-7-18-40(47)45-32-34(26-30-49(45)57)38-28-29-39(35-27-31-50-46(33-35)41-19-8-11-24-48(41)58(50)37-16-5-2-6-17-37)54-52(38)56-55(60-54)44-22-13-21-43-42-20-9-12-25-51(42)59-53(43)44/h1-33H. The Morgan fingerprint density at radius 2 is 0.850 bits per heavy atom. The van der Waals surface area contributed by atoms with Crippen LogP contribution in [0.2, 0.25) is 0 Å². The quantitative estimate of drug-likeness (QED) is 0.170. The molecule has 9 aromatic carbocycles. The molecule has 0 aliphatic rings. The van der Waals surface area contributed by atoms with Crippen molar-refractivity contribution in [2.75, 3.05) is 0 Å². The molecule has 60 heavy (non-hydrogen) atoms. The minimum atomic E-state index is 1.03. The van der Waals surface area contributed by atoms with Gasteiger partial charge in [-0.25, -0.2) is 4.98 Å². The molecule has 13 aromatic rings. The molecule has 0 saturated heterocycles. The van der Waals surface area contributed by atoms with Crippen LogP contribution in [-0.2, 0) is 0 Å². The Bertz CT molecular complexity index is 3640. The Morgan fingerprint density at radius 1 is 0.333 bits per heavy atom. The Labute approximate surface area is 353 Å². The second-order valence-corrected chi connectivity index (χ2v) is 17.5. The van der Waals surface area contributed by atoms with Crippen molar-refractivity contribution in [3.63, 3.8) is 0 Å². The molecule has 0 atom stereocenters. The van der Waals surface area contributed by atoms with E-state index in [1.807, 2.05) is 22.7 Å². The third-order valence-corrected chi connectivity index (χ3v) is 14.5. The second kappa shape index (κ2) is 13.1. The summed E-state index contributed by atoms with van der Waals surface area (Å²) in [5.74, 6) is 0. The summed E-state index contributed by atoms with van der Waals surface area (Å²) in [5, 5.41) is 8.58. The molecule has 13 rings (SSSR count). The largest absolute Gasteiger partial charge is 0.309 e. The summed E-state index contributed by atoms with van der Waals surface area (Å²) in [7, 11) is 0. The van der Waals surface area contributed by atoms with E-state index >= 15 is 0 Å². The topological polar surface area (TPSA) is 22.8 Å². The summed E-state index contributed by atoms with van der Waals surface area (Å²) < 4.78 is 8.54. The zero-order valence-corrected chi connectivity index (χ0v) is 33.8. The maximum Gasteiger partial charge on any atom is 0.126 e. The van der Waals surface area contributed by atoms with Crippen LogP contribution in [0.4, 0.5) is 0 Å². The van der Waals surface area contributed by atoms with Crippen LogP contribution in [0.15, 0.2) is 200 Å². The van der Waals surface area contributed by atoms with E-state index in [-0.39, 0.29) is 0 Å². The number of hydrogen-bond acceptors (Lipinski definition) is 3. The van der Waals surface area contributed by atoms with Crippen molar-refractivity contribution < 1.29 is 0 Å². The fraction of sp³-hybridized carbons (Fsp3) is 0. The lowest BCUT2D eigenvalue weighted by atomic mass is 9.97. The number of benzene rings is 9. The maximum absolute atomic E-state index is 5.63. The van der Waals surface area contributed by atoms with E-state index < -0.39 is 0 Å². The van der Waals surface area contributed by atoms with Crippen LogP contribution in [0, 0.1) is 0 Å². The third-order valence-electron chi connectivity index (χ3n) is 12.2. The minimum Gasteiger partial charge on any atom is -0.309 e. The normalized spacial score (nSPS) is 12.0. The molecule has 0 spiro atoms. The van der Waals surface area contributed by atoms with Gasteiger partial charge in [-0.3, -0.25) is 0 Å². The lowest BCUT2D eigenvalue weighted by molar-refractivity contribution is 1.18. The molecular weight excluding hydrogens is 767 g/mol. The minimum absolute atomic E-state index is 1.03. The molecule has 0 aliphatic heterocycles. The molecular formula is C55H33N3S2. The molecule has 4 aromatic heterocycles. The van der Waals surface area contributed by atoms with Gasteiger partial charge in [0.2, 0.25) is 0 Å². The summed E-state index contributed by atoms with van der Waals surface area (Å²) in [6.07, 6.45) is 0. The van der Waals surface area contributed by atoms with E-state index in [0.717, 1.165) is 33.0 Å². The summed E-state index contributed by atoms with van der Waals surface area (Å²) in [5.41, 5.74) is 14.0. The molecule has 0 unspecified atom stereocenters. The molecule has 280 valence electrons. The fourth-order valence-electron chi connectivity index (χ4n) is 9.49. The molecule has 4 heterocycles. The summed E-state index contributed by atoms with van der Waals surface area (Å²) in [4.78, 5) is 5.63. The van der Waals surface area contributed by atoms with E-state index in [4.69, 9.17) is 4.98 Å². The molecule has 0 aliphatic carbocycles. The average Bonchev–Trinajstić information content (AvgIpc) is 4.09. The maximum atomic E-state index is 5.63. The van der Waals surface area contributed by atoms with Gasteiger partial charge in [0.1, 0.15) is 5.01 Å². The number of fused-ring (bicyclic) bond motifs is 10. The molecule has 3 nitrogen and oxygen atoms in total. The number of rotatable bonds is 5. The predicted octanol–water partition coefficient (Wildman–Crippen LogP) is 15.9. The molecule has 0 amide bonds. The molecule has 0 fully saturated rings. The molecule has 0 bridgehead atoms. The number of thiophene rings is 1. The summed E-state index contributed by atoms with van der Waals surface area (Å²) in [6.45, 7) is 0. The first kappa shape index (κ1) is 33.6. The Balaban J connectivity index is 1.06. The fourth-order valence-corrected chi connectivity index (χ4v) is 11.9. The van der Waals surface area contributed by atoms with Crippen LogP contribution < -0.4 is 0 Å². The monoisotopic (exact) mass is 799 g/mol. The first-order chi connectivity index (χ1) is 29.8. The highest BCUT2D eigenvalue weighted by atomic mass is 32.1. The van der Waals surface area contributed by atoms with Gasteiger partial charge in [-0.15, -0.1) is 22.7 Å². The lowest BCUT2D eigenvalue weighted by Crippen LogP contribution is -1.93. The Kier molecular flexibility index (Phi) is 7.35. The van der Waals surface area contributed by atoms with Crippen LogP contribution in [0.3, 0.4) is 0 Å². The van der Waals surface area contributed by atoms with E-state index in [0.29, 0.717) is 0 Å². The van der Waals surface area contributed by atoms with Gasteiger partial charge in [0.05, 0.1) is 32.3 Å². The first-order valence-electron chi connectivity index (χ1n) is 20.3. The van der Waals surface area contributed by atoms with E-state index in [9.17, 15) is 0 Å². The van der Waals surface area contributed by atoms with Crippen LogP contribution in [-0.4, -0.2) is 14.1 Å². The molecule has 0 radical (unpaired) electrons. The highest BCUT2D eigenvalue weighted by Gasteiger charge is 2.21. The van der Waals surface area contributed by atoms with Crippen molar-refractivity contribution in [2.24, 2.45) is 0 Å². The van der Waals surface area contributed by atoms with E-state index in [1.54, 1.807) is 0 Å². The van der Waals surface area contributed by atoms with Gasteiger partial charge in [-0.1, -0.05) is 133 Å². The lowest BCUT2D eigenvalue weighted by Gasteiger charge is -2.10. The van der Waals surface area contributed by atoms with Crippen molar-refractivity contribution in [2.45, 2.75) is 0 Å². The highest BCUT2D eigenvalue weighted by molar-refractivity contribution is 7.27. The van der Waals surface area contributed by atoms with Crippen molar-refractivity contribution in [1.29, 1.82) is 0 Å². The van der Waals surface area contributed by atoms with Gasteiger partial charge in [0, 0.05) is 69.8 Å². The van der Waals surface area contributed by atoms with Crippen molar-refractivity contribution >= 4 is 96.7 Å². The third kappa shape index (κ3) is 4.97. The number of para-hydroxylation sites is 4. The van der Waals surface area contributed by atoms with E-state index in [1.165, 1.54) is 85.2 Å². The Morgan fingerprint density at radius 3 is 1.50 bits per heavy atom. The van der Waals surface area contributed by atoms with Gasteiger partial charge < -0.3 is 9.13 Å². The first-order valence-corrected chi connectivity index (χ1v) is 21.9. The summed E-state index contributed by atoms with van der Waals surface area (Å²) >= 11 is 3.67. The second-order valence-electron chi connectivity index (χ2n) is 15.5. The van der Waals surface area contributed by atoms with Gasteiger partial charge in [-0.2, -0.15) is 0 Å². The van der Waals surface area contributed by atoms with Crippen molar-refractivity contribution in [1.82, 2.24) is 14.1 Å². The zero-order valence-electron chi connectivity index (χ0n) is 32.2. The Hall–Kier alpha value is -7.31. The SMILES string of the molecule is c1ccc(-n2c3ccccc3c3cc(-c4ccc(-c5ccc6c(c5)c5ccccc5n6-c5ccccc5)c5sc(-c6cccc7c6sc6ccccc67)nc45)ccc32)cc1. The highest BCUT2D eigenvalue weighted by Crippen LogP contribution is 2.47. The van der Waals surface area contributed by atoms with Crippen LogP contribution in [0.25, 0.3) is 118 Å². The molecule has 0 saturated carbocycles. The number of nitrogens with zero attached hydrogens (tertiary/aromatic N) is 3. The summed E-state index contributed by atoms with van der Waals surface area (Å²) in [6, 6.07) is 72.9. The number of aromatic nitrogens is 3. The molecule has 5 heteroatoms. The number of thiazole rings is 1. The predicted molar refractivity (Wildman–Crippen MR) is 257 cm³/mol. The van der Waals surface area contributed by atoms with Crippen LogP contribution in [0.1, 0.15) is 0 Å². The van der Waals surface area contributed by atoms with Gasteiger partial charge in [0.15, 0.2) is 0 Å². The number of hydrogen-bond donors (Lipinski definition) is 0. The van der Waals surface area contributed by atoms with Crippen molar-refractivity contribution in [3.8, 4) is 44.2 Å². The average molecular weight is 800 g/mol. The van der Waals surface area contributed by atoms with Gasteiger partial charge in [0.25, 0.3) is 0 Å². The van der Waals surface area contributed by atoms with Crippen molar-refractivity contribution in [3.05, 3.63) is 200 Å². The zero-order chi connectivity index (χ0) is 39.3. The van der Waals surface area contributed by atoms with Gasteiger partial charge >= 0.3 is 0 Å². The molecule has 0 N–H and O–H groups in total.